The fraction of sp³-hybridized carbons (Fsp3) is 0.214. The second kappa shape index (κ2) is 5.59. The topological polar surface area (TPSA) is 33.1 Å². The molecule has 1 atom stereocenters. The van der Waals surface area contributed by atoms with Crippen molar-refractivity contribution in [2.45, 2.75) is 19.4 Å². The van der Waals surface area contributed by atoms with Gasteiger partial charge in [-0.2, -0.15) is 0 Å². The highest BCUT2D eigenvalue weighted by Crippen LogP contribution is 2.22. The Kier molecular flexibility index (Phi) is 4.09. The first-order chi connectivity index (χ1) is 8.58. The molecular weight excluding hydrogens is 297 g/mol. The van der Waals surface area contributed by atoms with Crippen LogP contribution in [0, 0.1) is 12.7 Å². The molecule has 0 aliphatic rings. The Bertz CT molecular complexity index is 542. The molecule has 2 rings (SSSR count). The van der Waals surface area contributed by atoms with E-state index >= 15 is 0 Å². The van der Waals surface area contributed by atoms with Gasteiger partial charge in [-0.15, -0.1) is 0 Å². The molecule has 2 aromatic rings. The number of aryl methyl sites for hydroxylation is 1. The van der Waals surface area contributed by atoms with Crippen molar-refractivity contribution in [1.82, 2.24) is 4.98 Å². The summed E-state index contributed by atoms with van der Waals surface area (Å²) in [6.07, 6.45) is 1.08. The van der Waals surface area contributed by atoms with Crippen LogP contribution in [-0.4, -0.2) is 10.1 Å². The highest BCUT2D eigenvalue weighted by atomic mass is 79.9. The van der Waals surface area contributed by atoms with E-state index in [0.29, 0.717) is 17.5 Å². The summed E-state index contributed by atoms with van der Waals surface area (Å²) in [6, 6.07) is 8.68. The number of nitrogens with zero attached hydrogens (tertiary/aromatic N) is 1. The summed E-state index contributed by atoms with van der Waals surface area (Å²) >= 11 is 3.29. The van der Waals surface area contributed by atoms with Gasteiger partial charge in [0.2, 0.25) is 0 Å². The van der Waals surface area contributed by atoms with Crippen molar-refractivity contribution >= 4 is 15.9 Å². The number of rotatable bonds is 3. The summed E-state index contributed by atoms with van der Waals surface area (Å²) in [6.45, 7) is 1.68. The third-order valence-corrected chi connectivity index (χ3v) is 3.24. The van der Waals surface area contributed by atoms with Gasteiger partial charge in [0.25, 0.3) is 0 Å². The summed E-state index contributed by atoms with van der Waals surface area (Å²) < 4.78 is 14.7. The Labute approximate surface area is 114 Å². The van der Waals surface area contributed by atoms with Crippen molar-refractivity contribution in [1.29, 1.82) is 0 Å². The molecule has 1 heterocycles. The van der Waals surface area contributed by atoms with Crippen molar-refractivity contribution < 1.29 is 9.50 Å². The van der Waals surface area contributed by atoms with E-state index in [4.69, 9.17) is 0 Å². The first-order valence-corrected chi connectivity index (χ1v) is 6.40. The van der Waals surface area contributed by atoms with Crippen LogP contribution in [0.5, 0.6) is 0 Å². The van der Waals surface area contributed by atoms with Gasteiger partial charge in [-0.05, 0) is 40.5 Å². The molecular formula is C14H13BrFNO. The number of hydrogen-bond acceptors (Lipinski definition) is 2. The first kappa shape index (κ1) is 13.2. The molecule has 0 fully saturated rings. The van der Waals surface area contributed by atoms with Crippen LogP contribution >= 0.6 is 15.9 Å². The van der Waals surface area contributed by atoms with Gasteiger partial charge < -0.3 is 5.11 Å². The van der Waals surface area contributed by atoms with Crippen LogP contribution < -0.4 is 0 Å². The van der Waals surface area contributed by atoms with E-state index < -0.39 is 6.10 Å². The van der Waals surface area contributed by atoms with Crippen molar-refractivity contribution in [3.8, 4) is 0 Å². The number of pyridine rings is 1. The SMILES string of the molecule is Cc1cccc(C(O)Cc2ccc(Br)cn2)c1F. The van der Waals surface area contributed by atoms with Crippen LogP contribution in [0.3, 0.4) is 0 Å². The van der Waals surface area contributed by atoms with E-state index in [2.05, 4.69) is 20.9 Å². The molecule has 0 saturated heterocycles. The highest BCUT2D eigenvalue weighted by molar-refractivity contribution is 9.10. The lowest BCUT2D eigenvalue weighted by molar-refractivity contribution is 0.172. The molecule has 1 aromatic heterocycles. The van der Waals surface area contributed by atoms with E-state index in [1.54, 1.807) is 37.4 Å². The van der Waals surface area contributed by atoms with Crippen LogP contribution in [-0.2, 0) is 6.42 Å². The standard InChI is InChI=1S/C14H13BrFNO/c1-9-3-2-4-12(14(9)16)13(18)7-11-6-5-10(15)8-17-11/h2-6,8,13,18H,7H2,1H3. The zero-order chi connectivity index (χ0) is 13.1. The zero-order valence-electron chi connectivity index (χ0n) is 9.90. The second-order valence-corrected chi connectivity index (χ2v) is 5.08. The Balaban J connectivity index is 2.19. The molecule has 94 valence electrons. The van der Waals surface area contributed by atoms with Crippen molar-refractivity contribution in [2.24, 2.45) is 0 Å². The smallest absolute Gasteiger partial charge is 0.131 e. The number of benzene rings is 1. The second-order valence-electron chi connectivity index (χ2n) is 4.17. The molecule has 1 N–H and O–H groups in total. The molecule has 18 heavy (non-hydrogen) atoms. The molecule has 0 radical (unpaired) electrons. The minimum atomic E-state index is -0.876. The van der Waals surface area contributed by atoms with Crippen molar-refractivity contribution in [3.63, 3.8) is 0 Å². The van der Waals surface area contributed by atoms with Crippen LogP contribution in [0.2, 0.25) is 0 Å². The lowest BCUT2D eigenvalue weighted by Gasteiger charge is -2.12. The number of halogens is 2. The highest BCUT2D eigenvalue weighted by Gasteiger charge is 2.15. The molecule has 0 amide bonds. The quantitative estimate of drug-likeness (QED) is 0.940. The number of aliphatic hydroxyl groups is 1. The number of aliphatic hydroxyl groups excluding tert-OH is 1. The fourth-order valence-corrected chi connectivity index (χ4v) is 2.00. The van der Waals surface area contributed by atoms with Crippen molar-refractivity contribution in [2.75, 3.05) is 0 Å². The van der Waals surface area contributed by atoms with Gasteiger partial charge in [-0.1, -0.05) is 18.2 Å². The Hall–Kier alpha value is -1.26. The lowest BCUT2D eigenvalue weighted by atomic mass is 10.0. The third kappa shape index (κ3) is 2.94. The van der Waals surface area contributed by atoms with E-state index in [9.17, 15) is 9.50 Å². The summed E-state index contributed by atoms with van der Waals surface area (Å²) in [5, 5.41) is 10.1. The predicted octanol–water partition coefficient (Wildman–Crippen LogP) is 3.57. The molecule has 1 aromatic carbocycles. The molecule has 0 aliphatic carbocycles. The fourth-order valence-electron chi connectivity index (χ4n) is 1.76. The third-order valence-electron chi connectivity index (χ3n) is 2.77. The van der Waals surface area contributed by atoms with Crippen LogP contribution in [0.25, 0.3) is 0 Å². The largest absolute Gasteiger partial charge is 0.388 e. The molecule has 0 bridgehead atoms. The van der Waals surface area contributed by atoms with Crippen molar-refractivity contribution in [3.05, 3.63) is 63.6 Å². The molecule has 0 spiro atoms. The minimum absolute atomic E-state index is 0.299. The maximum atomic E-state index is 13.8. The van der Waals surface area contributed by atoms with Gasteiger partial charge in [-0.25, -0.2) is 4.39 Å². The summed E-state index contributed by atoms with van der Waals surface area (Å²) in [4.78, 5) is 4.17. The lowest BCUT2D eigenvalue weighted by Crippen LogP contribution is -2.06. The summed E-state index contributed by atoms with van der Waals surface area (Å²) in [7, 11) is 0. The summed E-state index contributed by atoms with van der Waals surface area (Å²) in [5.41, 5.74) is 1.58. The van der Waals surface area contributed by atoms with E-state index in [1.165, 1.54) is 0 Å². The Morgan fingerprint density at radius 3 is 2.78 bits per heavy atom. The minimum Gasteiger partial charge on any atom is -0.388 e. The van der Waals surface area contributed by atoms with Gasteiger partial charge in [-0.3, -0.25) is 4.98 Å². The molecule has 4 heteroatoms. The summed E-state index contributed by atoms with van der Waals surface area (Å²) in [5.74, 6) is -0.345. The zero-order valence-corrected chi connectivity index (χ0v) is 11.5. The molecule has 2 nitrogen and oxygen atoms in total. The average molecular weight is 310 g/mol. The van der Waals surface area contributed by atoms with Crippen LogP contribution in [0.4, 0.5) is 4.39 Å². The van der Waals surface area contributed by atoms with Crippen LogP contribution in [0.15, 0.2) is 41.0 Å². The predicted molar refractivity (Wildman–Crippen MR) is 71.7 cm³/mol. The molecule has 1 unspecified atom stereocenters. The maximum Gasteiger partial charge on any atom is 0.131 e. The van der Waals surface area contributed by atoms with Gasteiger partial charge in [0.1, 0.15) is 5.82 Å². The number of aromatic nitrogens is 1. The first-order valence-electron chi connectivity index (χ1n) is 5.61. The Morgan fingerprint density at radius 1 is 1.33 bits per heavy atom. The number of hydrogen-bond donors (Lipinski definition) is 1. The van der Waals surface area contributed by atoms with E-state index in [1.807, 2.05) is 6.07 Å². The average Bonchev–Trinajstić information content (AvgIpc) is 2.35. The van der Waals surface area contributed by atoms with Crippen LogP contribution in [0.1, 0.15) is 22.9 Å². The van der Waals surface area contributed by atoms with E-state index in [-0.39, 0.29) is 5.82 Å². The van der Waals surface area contributed by atoms with E-state index in [0.717, 1.165) is 10.2 Å². The normalized spacial score (nSPS) is 12.4. The Morgan fingerprint density at radius 2 is 2.11 bits per heavy atom. The monoisotopic (exact) mass is 309 g/mol. The molecule has 0 saturated carbocycles. The van der Waals surface area contributed by atoms with Gasteiger partial charge in [0, 0.05) is 28.3 Å². The maximum absolute atomic E-state index is 13.8. The van der Waals surface area contributed by atoms with Gasteiger partial charge in [0.05, 0.1) is 6.10 Å². The van der Waals surface area contributed by atoms with Gasteiger partial charge in [0.15, 0.2) is 0 Å². The molecule has 0 aliphatic heterocycles. The van der Waals surface area contributed by atoms with Gasteiger partial charge >= 0.3 is 0 Å².